The monoisotopic (exact) mass is 400 g/mol. The van der Waals surface area contributed by atoms with Crippen LogP contribution in [0, 0.1) is 11.8 Å². The number of nitrogens with one attached hydrogen (secondary N) is 2. The van der Waals surface area contributed by atoms with E-state index in [0.29, 0.717) is 34.8 Å². The number of carboxylic acid groups (broad SMARTS) is 1. The van der Waals surface area contributed by atoms with Crippen molar-refractivity contribution in [1.29, 1.82) is 0 Å². The van der Waals surface area contributed by atoms with Crippen molar-refractivity contribution >= 4 is 40.8 Å². The Morgan fingerprint density at radius 2 is 1.64 bits per heavy atom. The molecule has 0 bridgehead atoms. The summed E-state index contributed by atoms with van der Waals surface area (Å²) in [5.41, 5.74) is 1.18. The van der Waals surface area contributed by atoms with E-state index in [9.17, 15) is 19.5 Å². The van der Waals surface area contributed by atoms with Gasteiger partial charge in [0, 0.05) is 10.7 Å². The van der Waals surface area contributed by atoms with E-state index in [-0.39, 0.29) is 5.91 Å². The molecule has 1 fully saturated rings. The topological polar surface area (TPSA) is 95.5 Å². The fourth-order valence-corrected chi connectivity index (χ4v) is 3.71. The maximum atomic E-state index is 12.7. The fraction of sp³-hybridized carbons (Fsp3) is 0.286. The van der Waals surface area contributed by atoms with E-state index in [1.54, 1.807) is 48.5 Å². The summed E-state index contributed by atoms with van der Waals surface area (Å²) in [5.74, 6) is -3.00. The Kier molecular flexibility index (Phi) is 6.31. The predicted octanol–water partition coefficient (Wildman–Crippen LogP) is 4.42. The molecule has 0 spiro atoms. The van der Waals surface area contributed by atoms with E-state index in [2.05, 4.69) is 10.6 Å². The third kappa shape index (κ3) is 4.70. The lowest BCUT2D eigenvalue weighted by Crippen LogP contribution is -2.36. The van der Waals surface area contributed by atoms with Crippen LogP contribution in [0.2, 0.25) is 5.02 Å². The number of hydrogen-bond donors (Lipinski definition) is 3. The molecule has 0 aromatic heterocycles. The number of para-hydroxylation sites is 1. The Morgan fingerprint density at radius 3 is 2.36 bits per heavy atom. The number of carboxylic acids is 1. The summed E-state index contributed by atoms with van der Waals surface area (Å²) in [4.78, 5) is 36.9. The Labute approximate surface area is 167 Å². The number of carbonyl (C=O) groups is 3. The van der Waals surface area contributed by atoms with Crippen LogP contribution in [0.15, 0.2) is 48.5 Å². The molecule has 2 aromatic rings. The van der Waals surface area contributed by atoms with Gasteiger partial charge in [0.05, 0.1) is 23.1 Å². The van der Waals surface area contributed by atoms with Gasteiger partial charge in [0.1, 0.15) is 0 Å². The average Bonchev–Trinajstić information content (AvgIpc) is 2.68. The maximum Gasteiger partial charge on any atom is 0.307 e. The van der Waals surface area contributed by atoms with Gasteiger partial charge in [0.25, 0.3) is 5.91 Å². The van der Waals surface area contributed by atoms with Crippen LogP contribution in [-0.2, 0) is 9.59 Å². The normalized spacial score (nSPS) is 18.9. The van der Waals surface area contributed by atoms with Gasteiger partial charge in [0.2, 0.25) is 5.91 Å². The quantitative estimate of drug-likeness (QED) is 0.692. The first-order valence-corrected chi connectivity index (χ1v) is 9.53. The molecule has 1 saturated carbocycles. The van der Waals surface area contributed by atoms with Gasteiger partial charge in [-0.15, -0.1) is 0 Å². The molecular formula is C21H21ClN2O4. The molecule has 0 radical (unpaired) electrons. The standard InChI is InChI=1S/C21H21ClN2O4/c22-13-6-5-7-14(12-13)23-20(26)17-10-3-4-11-18(17)24-19(25)15-8-1-2-9-16(15)21(27)28/h3-7,10-12,15-16H,1-2,8-9H2,(H,23,26)(H,24,25)(H,27,28)/t15-,16+/m1/s1. The van der Waals surface area contributed by atoms with Crippen molar-refractivity contribution in [3.8, 4) is 0 Å². The minimum Gasteiger partial charge on any atom is -0.481 e. The minimum atomic E-state index is -0.952. The van der Waals surface area contributed by atoms with Crippen molar-refractivity contribution in [2.45, 2.75) is 25.7 Å². The largest absolute Gasteiger partial charge is 0.481 e. The molecule has 2 amide bonds. The summed E-state index contributed by atoms with van der Waals surface area (Å²) in [6, 6.07) is 13.4. The first-order chi connectivity index (χ1) is 13.5. The third-order valence-electron chi connectivity index (χ3n) is 4.93. The molecule has 3 N–H and O–H groups in total. The van der Waals surface area contributed by atoms with Crippen LogP contribution in [-0.4, -0.2) is 22.9 Å². The van der Waals surface area contributed by atoms with E-state index < -0.39 is 23.7 Å². The van der Waals surface area contributed by atoms with Crippen LogP contribution in [0.1, 0.15) is 36.0 Å². The van der Waals surface area contributed by atoms with Crippen molar-refractivity contribution in [3.63, 3.8) is 0 Å². The average molecular weight is 401 g/mol. The van der Waals surface area contributed by atoms with Crippen molar-refractivity contribution in [1.82, 2.24) is 0 Å². The fourth-order valence-electron chi connectivity index (χ4n) is 3.52. The van der Waals surface area contributed by atoms with Crippen molar-refractivity contribution in [3.05, 3.63) is 59.1 Å². The number of carbonyl (C=O) groups excluding carboxylic acids is 2. The predicted molar refractivity (Wildman–Crippen MR) is 108 cm³/mol. The molecular weight excluding hydrogens is 380 g/mol. The van der Waals surface area contributed by atoms with Gasteiger partial charge in [-0.05, 0) is 43.2 Å². The van der Waals surface area contributed by atoms with Gasteiger partial charge in [-0.3, -0.25) is 14.4 Å². The highest BCUT2D eigenvalue weighted by Crippen LogP contribution is 2.31. The molecule has 2 atom stereocenters. The maximum absolute atomic E-state index is 12.7. The molecule has 0 heterocycles. The summed E-state index contributed by atoms with van der Waals surface area (Å²) in [5, 5.41) is 15.4. The molecule has 146 valence electrons. The second kappa shape index (κ2) is 8.89. The number of benzene rings is 2. The molecule has 0 unspecified atom stereocenters. The van der Waals surface area contributed by atoms with Gasteiger partial charge in [-0.1, -0.05) is 42.6 Å². The highest BCUT2D eigenvalue weighted by molar-refractivity contribution is 6.31. The molecule has 1 aliphatic rings. The van der Waals surface area contributed by atoms with Crippen LogP contribution >= 0.6 is 11.6 Å². The van der Waals surface area contributed by atoms with Gasteiger partial charge >= 0.3 is 5.97 Å². The summed E-state index contributed by atoms with van der Waals surface area (Å²) in [6.45, 7) is 0. The lowest BCUT2D eigenvalue weighted by Gasteiger charge is -2.27. The molecule has 7 heteroatoms. The van der Waals surface area contributed by atoms with Crippen molar-refractivity contribution in [2.24, 2.45) is 11.8 Å². The molecule has 0 saturated heterocycles. The number of amides is 2. The lowest BCUT2D eigenvalue weighted by atomic mass is 9.78. The summed E-state index contributed by atoms with van der Waals surface area (Å²) in [7, 11) is 0. The molecule has 28 heavy (non-hydrogen) atoms. The Balaban J connectivity index is 1.77. The van der Waals surface area contributed by atoms with Crippen molar-refractivity contribution < 1.29 is 19.5 Å². The smallest absolute Gasteiger partial charge is 0.307 e. The second-order valence-electron chi connectivity index (χ2n) is 6.83. The van der Waals surface area contributed by atoms with E-state index in [1.165, 1.54) is 0 Å². The Morgan fingerprint density at radius 1 is 0.929 bits per heavy atom. The highest BCUT2D eigenvalue weighted by Gasteiger charge is 2.36. The molecule has 6 nitrogen and oxygen atoms in total. The zero-order valence-corrected chi connectivity index (χ0v) is 15.9. The number of anilines is 2. The summed E-state index contributed by atoms with van der Waals surface area (Å²) < 4.78 is 0. The lowest BCUT2D eigenvalue weighted by molar-refractivity contribution is -0.147. The first-order valence-electron chi connectivity index (χ1n) is 9.15. The minimum absolute atomic E-state index is 0.290. The van der Waals surface area contributed by atoms with E-state index >= 15 is 0 Å². The second-order valence-corrected chi connectivity index (χ2v) is 7.27. The van der Waals surface area contributed by atoms with Crippen LogP contribution in [0.25, 0.3) is 0 Å². The molecule has 2 aromatic carbocycles. The van der Waals surface area contributed by atoms with Gasteiger partial charge in [0.15, 0.2) is 0 Å². The van der Waals surface area contributed by atoms with Gasteiger partial charge in [-0.2, -0.15) is 0 Å². The van der Waals surface area contributed by atoms with Crippen LogP contribution < -0.4 is 10.6 Å². The van der Waals surface area contributed by atoms with Gasteiger partial charge in [-0.25, -0.2) is 0 Å². The van der Waals surface area contributed by atoms with Crippen LogP contribution in [0.3, 0.4) is 0 Å². The number of hydrogen-bond acceptors (Lipinski definition) is 3. The molecule has 1 aliphatic carbocycles. The van der Waals surface area contributed by atoms with Gasteiger partial charge < -0.3 is 15.7 Å². The Hall–Kier alpha value is -2.86. The SMILES string of the molecule is O=C(Nc1cccc(Cl)c1)c1ccccc1NC(=O)[C@@H]1CCCC[C@@H]1C(=O)O. The van der Waals surface area contributed by atoms with Crippen LogP contribution in [0.4, 0.5) is 11.4 Å². The number of aliphatic carboxylic acids is 1. The van der Waals surface area contributed by atoms with E-state index in [0.717, 1.165) is 12.8 Å². The summed E-state index contributed by atoms with van der Waals surface area (Å²) >= 11 is 5.94. The van der Waals surface area contributed by atoms with E-state index in [4.69, 9.17) is 11.6 Å². The van der Waals surface area contributed by atoms with Crippen molar-refractivity contribution in [2.75, 3.05) is 10.6 Å². The zero-order valence-electron chi connectivity index (χ0n) is 15.2. The zero-order chi connectivity index (χ0) is 20.1. The van der Waals surface area contributed by atoms with Crippen LogP contribution in [0.5, 0.6) is 0 Å². The molecule has 0 aliphatic heterocycles. The number of halogens is 1. The third-order valence-corrected chi connectivity index (χ3v) is 5.17. The van der Waals surface area contributed by atoms with E-state index in [1.807, 2.05) is 0 Å². The molecule has 3 rings (SSSR count). The first kappa shape index (κ1) is 19.9. The Bertz CT molecular complexity index is 899. The highest BCUT2D eigenvalue weighted by atomic mass is 35.5. The number of rotatable bonds is 5. The summed E-state index contributed by atoms with van der Waals surface area (Å²) in [6.07, 6.45) is 2.64.